The van der Waals surface area contributed by atoms with Crippen LogP contribution in [-0.4, -0.2) is 9.97 Å². The van der Waals surface area contributed by atoms with Crippen LogP contribution in [-0.2, 0) is 0 Å². The Morgan fingerprint density at radius 2 is 1.94 bits per heavy atom. The van der Waals surface area contributed by atoms with E-state index in [-0.39, 0.29) is 0 Å². The van der Waals surface area contributed by atoms with Gasteiger partial charge in [0.2, 0.25) is 0 Å². The fraction of sp³-hybridized carbons (Fsp3) is 0.0769. The van der Waals surface area contributed by atoms with E-state index >= 15 is 0 Å². The van der Waals surface area contributed by atoms with Crippen molar-refractivity contribution in [3.05, 3.63) is 42.5 Å². The fourth-order valence-electron chi connectivity index (χ4n) is 1.81. The first-order valence-corrected chi connectivity index (χ1v) is 5.30. The Labute approximate surface area is 98.1 Å². The van der Waals surface area contributed by atoms with Gasteiger partial charge in [-0.1, -0.05) is 12.1 Å². The number of fused-ring (bicyclic) bond motifs is 1. The first kappa shape index (κ1) is 9.84. The van der Waals surface area contributed by atoms with Crippen LogP contribution in [0.1, 0.15) is 5.89 Å². The minimum absolute atomic E-state index is 0.517. The number of hydrogen-bond acceptors (Lipinski definition) is 4. The van der Waals surface area contributed by atoms with Gasteiger partial charge in [0, 0.05) is 24.1 Å². The lowest BCUT2D eigenvalue weighted by molar-refractivity contribution is 0.534. The van der Waals surface area contributed by atoms with Crippen LogP contribution < -0.4 is 5.73 Å². The van der Waals surface area contributed by atoms with Crippen LogP contribution in [0.25, 0.3) is 22.1 Å². The largest absolute Gasteiger partial charge is 0.441 e. The molecule has 4 nitrogen and oxygen atoms in total. The van der Waals surface area contributed by atoms with Crippen molar-refractivity contribution in [3.63, 3.8) is 0 Å². The molecule has 0 aliphatic rings. The van der Waals surface area contributed by atoms with Gasteiger partial charge in [0.1, 0.15) is 5.82 Å². The molecule has 0 bridgehead atoms. The number of anilines is 1. The number of rotatable bonds is 1. The van der Waals surface area contributed by atoms with Gasteiger partial charge in [0.05, 0.1) is 6.20 Å². The summed E-state index contributed by atoms with van der Waals surface area (Å²) in [6.07, 6.45) is 3.49. The van der Waals surface area contributed by atoms with Crippen LogP contribution in [0.5, 0.6) is 0 Å². The van der Waals surface area contributed by atoms with Gasteiger partial charge in [0.15, 0.2) is 11.7 Å². The Morgan fingerprint density at radius 1 is 1.06 bits per heavy atom. The Morgan fingerprint density at radius 3 is 2.71 bits per heavy atom. The number of benzene rings is 1. The summed E-state index contributed by atoms with van der Waals surface area (Å²) in [6.45, 7) is 1.83. The lowest BCUT2D eigenvalue weighted by atomic mass is 10.1. The van der Waals surface area contributed by atoms with Crippen molar-refractivity contribution in [2.45, 2.75) is 6.92 Å². The van der Waals surface area contributed by atoms with Crippen molar-refractivity contribution in [2.75, 3.05) is 5.73 Å². The van der Waals surface area contributed by atoms with Crippen LogP contribution in [0.3, 0.4) is 0 Å². The maximum absolute atomic E-state index is 5.67. The van der Waals surface area contributed by atoms with E-state index in [1.54, 1.807) is 12.4 Å². The summed E-state index contributed by atoms with van der Waals surface area (Å²) in [7, 11) is 0. The molecule has 17 heavy (non-hydrogen) atoms. The summed E-state index contributed by atoms with van der Waals surface area (Å²) in [5, 5.41) is 2.10. The van der Waals surface area contributed by atoms with Crippen molar-refractivity contribution in [2.24, 2.45) is 0 Å². The number of pyridine rings is 1. The molecule has 0 aliphatic carbocycles. The molecule has 2 aromatic heterocycles. The smallest absolute Gasteiger partial charge is 0.191 e. The van der Waals surface area contributed by atoms with E-state index in [1.165, 1.54) is 0 Å². The molecule has 0 atom stereocenters. The number of oxazole rings is 1. The standard InChI is InChI=1S/C13H11N3O/c1-8-15-7-12(17-8)9-2-3-10-6-16-13(14)5-11(10)4-9/h2-7H,1H3,(H2,14,16). The van der Waals surface area contributed by atoms with E-state index in [0.717, 1.165) is 22.1 Å². The number of nitrogen functional groups attached to an aromatic ring is 1. The molecule has 3 rings (SSSR count). The zero-order valence-electron chi connectivity index (χ0n) is 9.34. The highest BCUT2D eigenvalue weighted by Gasteiger charge is 2.05. The van der Waals surface area contributed by atoms with E-state index in [2.05, 4.69) is 9.97 Å². The Balaban J connectivity index is 2.18. The zero-order valence-corrected chi connectivity index (χ0v) is 9.34. The summed E-state index contributed by atoms with van der Waals surface area (Å²) < 4.78 is 5.49. The van der Waals surface area contributed by atoms with E-state index < -0.39 is 0 Å². The van der Waals surface area contributed by atoms with E-state index in [0.29, 0.717) is 11.7 Å². The second kappa shape index (κ2) is 3.59. The Bertz CT molecular complexity index is 688. The Hall–Kier alpha value is -2.36. The summed E-state index contributed by atoms with van der Waals surface area (Å²) >= 11 is 0. The van der Waals surface area contributed by atoms with Crippen molar-refractivity contribution in [1.82, 2.24) is 9.97 Å². The molecular weight excluding hydrogens is 214 g/mol. The predicted octanol–water partition coefficient (Wildman–Crippen LogP) is 2.78. The number of aryl methyl sites for hydroxylation is 1. The minimum atomic E-state index is 0.517. The SMILES string of the molecule is Cc1ncc(-c2ccc3cnc(N)cc3c2)o1. The van der Waals surface area contributed by atoms with Crippen LogP contribution in [0.15, 0.2) is 41.1 Å². The number of aromatic nitrogens is 2. The highest BCUT2D eigenvalue weighted by molar-refractivity contribution is 5.87. The van der Waals surface area contributed by atoms with Gasteiger partial charge in [-0.3, -0.25) is 0 Å². The number of nitrogens with zero attached hydrogens (tertiary/aromatic N) is 2. The number of hydrogen-bond donors (Lipinski definition) is 1. The molecule has 0 saturated heterocycles. The predicted molar refractivity (Wildman–Crippen MR) is 66.4 cm³/mol. The van der Waals surface area contributed by atoms with Crippen LogP contribution in [0.2, 0.25) is 0 Å². The third kappa shape index (κ3) is 1.73. The molecule has 3 aromatic rings. The molecular formula is C13H11N3O. The lowest BCUT2D eigenvalue weighted by Crippen LogP contribution is -1.88. The van der Waals surface area contributed by atoms with E-state index in [9.17, 15) is 0 Å². The van der Waals surface area contributed by atoms with Gasteiger partial charge >= 0.3 is 0 Å². The molecule has 0 saturated carbocycles. The normalized spacial score (nSPS) is 10.9. The van der Waals surface area contributed by atoms with Crippen molar-refractivity contribution < 1.29 is 4.42 Å². The third-order valence-corrected chi connectivity index (χ3v) is 2.65. The molecule has 2 heterocycles. The maximum atomic E-state index is 5.67. The van der Waals surface area contributed by atoms with Gasteiger partial charge in [-0.2, -0.15) is 0 Å². The lowest BCUT2D eigenvalue weighted by Gasteiger charge is -2.01. The molecule has 0 unspecified atom stereocenters. The quantitative estimate of drug-likeness (QED) is 0.691. The average molecular weight is 225 g/mol. The van der Waals surface area contributed by atoms with Crippen LogP contribution >= 0.6 is 0 Å². The summed E-state index contributed by atoms with van der Waals surface area (Å²) in [6, 6.07) is 7.85. The Kier molecular flexibility index (Phi) is 2.08. The third-order valence-electron chi connectivity index (χ3n) is 2.65. The summed E-state index contributed by atoms with van der Waals surface area (Å²) in [5.74, 6) is 1.94. The van der Waals surface area contributed by atoms with Crippen LogP contribution in [0.4, 0.5) is 5.82 Å². The highest BCUT2D eigenvalue weighted by atomic mass is 16.4. The second-order valence-electron chi connectivity index (χ2n) is 3.91. The van der Waals surface area contributed by atoms with Crippen molar-refractivity contribution in [3.8, 4) is 11.3 Å². The monoisotopic (exact) mass is 225 g/mol. The van der Waals surface area contributed by atoms with E-state index in [4.69, 9.17) is 10.2 Å². The van der Waals surface area contributed by atoms with Gasteiger partial charge in [-0.15, -0.1) is 0 Å². The first-order chi connectivity index (χ1) is 8.22. The minimum Gasteiger partial charge on any atom is -0.441 e. The van der Waals surface area contributed by atoms with Gasteiger partial charge in [-0.25, -0.2) is 9.97 Å². The maximum Gasteiger partial charge on any atom is 0.191 e. The average Bonchev–Trinajstić information content (AvgIpc) is 2.75. The molecule has 84 valence electrons. The molecule has 1 aromatic carbocycles. The van der Waals surface area contributed by atoms with Crippen molar-refractivity contribution in [1.29, 1.82) is 0 Å². The fourth-order valence-corrected chi connectivity index (χ4v) is 1.81. The summed E-state index contributed by atoms with van der Waals surface area (Å²) in [4.78, 5) is 8.14. The molecule has 0 radical (unpaired) electrons. The highest BCUT2D eigenvalue weighted by Crippen LogP contribution is 2.25. The topological polar surface area (TPSA) is 64.9 Å². The molecule has 4 heteroatoms. The van der Waals surface area contributed by atoms with Crippen molar-refractivity contribution >= 4 is 16.6 Å². The summed E-state index contributed by atoms with van der Waals surface area (Å²) in [5.41, 5.74) is 6.66. The van der Waals surface area contributed by atoms with Gasteiger partial charge in [-0.05, 0) is 17.5 Å². The molecule has 2 N–H and O–H groups in total. The van der Waals surface area contributed by atoms with E-state index in [1.807, 2.05) is 31.2 Å². The molecule has 0 spiro atoms. The van der Waals surface area contributed by atoms with Gasteiger partial charge in [0.25, 0.3) is 0 Å². The molecule has 0 amide bonds. The molecule has 0 fully saturated rings. The van der Waals surface area contributed by atoms with Crippen LogP contribution in [0, 0.1) is 6.92 Å². The first-order valence-electron chi connectivity index (χ1n) is 5.30. The molecule has 0 aliphatic heterocycles. The van der Waals surface area contributed by atoms with Gasteiger partial charge < -0.3 is 10.2 Å². The number of nitrogens with two attached hydrogens (primary N) is 1. The second-order valence-corrected chi connectivity index (χ2v) is 3.91. The zero-order chi connectivity index (χ0) is 11.8.